The molecule has 0 saturated carbocycles. The quantitative estimate of drug-likeness (QED) is 0.0738. The van der Waals surface area contributed by atoms with E-state index in [2.05, 4.69) is 49.4 Å². The molecule has 0 aliphatic carbocycles. The number of nitrogens with zero attached hydrogens (tertiary/aromatic N) is 7. The van der Waals surface area contributed by atoms with Gasteiger partial charge in [-0.1, -0.05) is 94.2 Å². The summed E-state index contributed by atoms with van der Waals surface area (Å²) in [6, 6.07) is 9.67. The van der Waals surface area contributed by atoms with Crippen LogP contribution in [0.5, 0.6) is 0 Å². The van der Waals surface area contributed by atoms with Gasteiger partial charge in [-0.15, -0.1) is 0 Å². The lowest BCUT2D eigenvalue weighted by molar-refractivity contribution is -0.142. The van der Waals surface area contributed by atoms with E-state index in [-0.39, 0.29) is 34.3 Å². The van der Waals surface area contributed by atoms with Crippen LogP contribution in [0.2, 0.25) is 0 Å². The smallest absolute Gasteiger partial charge is 0.272 e. The second-order valence-corrected chi connectivity index (χ2v) is 21.4. The molecule has 8 amide bonds. The van der Waals surface area contributed by atoms with Crippen molar-refractivity contribution in [3.63, 3.8) is 0 Å². The normalized spacial score (nSPS) is 17.8. The fourth-order valence-corrected chi connectivity index (χ4v) is 10.7. The molecule has 0 bridgehead atoms. The van der Waals surface area contributed by atoms with Crippen molar-refractivity contribution < 1.29 is 47.9 Å². The Labute approximate surface area is 445 Å². The highest BCUT2D eigenvalue weighted by Crippen LogP contribution is 2.28. The molecule has 4 N–H and O–H groups in total. The van der Waals surface area contributed by atoms with Crippen molar-refractivity contribution in [2.45, 2.75) is 51.9 Å². The van der Waals surface area contributed by atoms with E-state index < -0.39 is 94.6 Å². The lowest BCUT2D eigenvalue weighted by atomic mass is 10.1. The minimum absolute atomic E-state index is 0.0962. The molecule has 21 nitrogen and oxygen atoms in total. The zero-order valence-electron chi connectivity index (χ0n) is 42.2. The molecule has 4 atom stereocenters. The summed E-state index contributed by atoms with van der Waals surface area (Å²) < 4.78 is 0. The average molecular weight is 1090 g/mol. The predicted molar refractivity (Wildman–Crippen MR) is 290 cm³/mol. The number of benzene rings is 2. The van der Waals surface area contributed by atoms with Crippen LogP contribution in [0.3, 0.4) is 0 Å². The first kappa shape index (κ1) is 59.7. The molecule has 1 aliphatic heterocycles. The third-order valence-corrected chi connectivity index (χ3v) is 15.8. The highest BCUT2D eigenvalue weighted by atomic mass is 33.1. The van der Waals surface area contributed by atoms with Crippen LogP contribution in [0.1, 0.15) is 36.8 Å². The molecule has 2 heterocycles. The summed E-state index contributed by atoms with van der Waals surface area (Å²) in [4.78, 5) is 152. The number of hydrogen-bond donors (Lipinski definition) is 4. The number of fused-ring (bicyclic) bond motifs is 1. The standard InChI is InChI=1S/C49H59N11O10S4/c1-28(2)33(19-51-34-16-12-11-15-29(34)3)43(64)54-30(4)23-71-48(69)31(5)57(7)47(68)40-26-74-73-25-39(59(9)41(62)21-50-27-61)46(67)58(8)32(6)49(70)72-24-38(44(65)53-22-42(63)60(40)10)56-45(66)37-20-52-35-17-13-14-18-36(35)55-37/h11-20,27,30,38-40H,5-6,21-26H2,1-4,7-10H3,(H,50,61)(H,53,65)(H,54,64)(H,56,66)/t30-,38+,39?,40?/m0/s1. The Hall–Kier alpha value is -6.83. The zero-order valence-corrected chi connectivity index (χ0v) is 45.4. The van der Waals surface area contributed by atoms with E-state index in [4.69, 9.17) is 0 Å². The third-order valence-electron chi connectivity index (χ3n) is 11.3. The van der Waals surface area contributed by atoms with Gasteiger partial charge < -0.3 is 40.9 Å². The number of thioether (sulfide) groups is 2. The molecule has 2 unspecified atom stereocenters. The van der Waals surface area contributed by atoms with Crippen LogP contribution in [-0.2, 0) is 43.2 Å². The predicted octanol–water partition coefficient (Wildman–Crippen LogP) is 2.66. The van der Waals surface area contributed by atoms with E-state index >= 15 is 0 Å². The molecule has 3 aromatic rings. The second kappa shape index (κ2) is 28.6. The van der Waals surface area contributed by atoms with E-state index in [1.807, 2.05) is 31.2 Å². The molecule has 0 spiro atoms. The van der Waals surface area contributed by atoms with Crippen LogP contribution in [0, 0.1) is 6.92 Å². The molecule has 394 valence electrons. The van der Waals surface area contributed by atoms with Gasteiger partial charge in [-0.3, -0.25) is 57.9 Å². The monoisotopic (exact) mass is 1090 g/mol. The highest BCUT2D eigenvalue weighted by Gasteiger charge is 2.36. The van der Waals surface area contributed by atoms with E-state index in [0.29, 0.717) is 40.5 Å². The maximum Gasteiger partial charge on any atom is 0.272 e. The minimum Gasteiger partial charge on any atom is -0.350 e. The minimum atomic E-state index is -1.48. The van der Waals surface area contributed by atoms with Gasteiger partial charge in [-0.2, -0.15) is 0 Å². The molecular weight excluding hydrogens is 1030 g/mol. The number of amides is 8. The van der Waals surface area contributed by atoms with E-state index in [1.165, 1.54) is 40.6 Å². The number of hydrogen-bond acceptors (Lipinski definition) is 17. The van der Waals surface area contributed by atoms with Gasteiger partial charge in [-0.05, 0) is 51.5 Å². The average Bonchev–Trinajstić information content (AvgIpc) is 3.38. The summed E-state index contributed by atoms with van der Waals surface area (Å²) in [7, 11) is 7.34. The van der Waals surface area contributed by atoms with Gasteiger partial charge in [0, 0.05) is 63.5 Å². The molecule has 1 saturated heterocycles. The maximum absolute atomic E-state index is 14.4. The van der Waals surface area contributed by atoms with Gasteiger partial charge >= 0.3 is 0 Å². The van der Waals surface area contributed by atoms with E-state index in [1.54, 1.807) is 45.0 Å². The molecule has 74 heavy (non-hydrogen) atoms. The topological polar surface area (TPSA) is 270 Å². The van der Waals surface area contributed by atoms with Crippen molar-refractivity contribution in [1.82, 2.24) is 50.8 Å². The summed E-state index contributed by atoms with van der Waals surface area (Å²) in [6.07, 6.45) is 3.02. The number of rotatable bonds is 15. The van der Waals surface area contributed by atoms with Crippen LogP contribution in [-0.4, -0.2) is 182 Å². The fourth-order valence-electron chi connectivity index (χ4n) is 6.53. The number of aromatic nitrogens is 2. The zero-order chi connectivity index (χ0) is 54.8. The van der Waals surface area contributed by atoms with Crippen molar-refractivity contribution in [2.75, 3.05) is 64.3 Å². The van der Waals surface area contributed by atoms with Crippen molar-refractivity contribution in [3.05, 3.63) is 102 Å². The second-order valence-electron chi connectivity index (χ2n) is 16.8. The molecule has 1 fully saturated rings. The number of allylic oxidation sites excluding steroid dienone is 1. The van der Waals surface area contributed by atoms with Gasteiger partial charge in [0.15, 0.2) is 0 Å². The Bertz CT molecular complexity index is 2750. The number of carbonyl (C=O) groups excluding carboxylic acids is 10. The Morgan fingerprint density at radius 2 is 1.65 bits per heavy atom. The van der Waals surface area contributed by atoms with Crippen LogP contribution in [0.25, 0.3) is 11.0 Å². The number of aryl methyl sites for hydroxylation is 1. The SMILES string of the molecule is C=C1C(=O)SC[C@@H](NC(=O)c2cnc3ccccc3n2)C(=O)NCC(=O)N(C)C(C(=O)N(C)C(=C)C(=O)SC[C@H](C)NC(=O)C(C=Nc2ccccc2C)=C(C)C)CSSCC(N(C)C(=O)CNC=O)C(=O)N1C. The maximum atomic E-state index is 14.4. The Morgan fingerprint density at radius 1 is 0.986 bits per heavy atom. The van der Waals surface area contributed by atoms with E-state index in [0.717, 1.165) is 64.1 Å². The van der Waals surface area contributed by atoms with Gasteiger partial charge in [0.2, 0.25) is 34.4 Å². The Kier molecular flexibility index (Phi) is 23.1. The third kappa shape index (κ3) is 16.6. The Balaban J connectivity index is 1.56. The number of likely N-dealkylation sites (N-methyl/N-ethyl adjacent to an activating group) is 4. The van der Waals surface area contributed by atoms with Gasteiger partial charge in [0.1, 0.15) is 23.8 Å². The largest absolute Gasteiger partial charge is 0.350 e. The lowest BCUT2D eigenvalue weighted by Crippen LogP contribution is -2.54. The van der Waals surface area contributed by atoms with Crippen molar-refractivity contribution in [3.8, 4) is 0 Å². The van der Waals surface area contributed by atoms with Gasteiger partial charge in [-0.25, -0.2) is 4.98 Å². The number of nitrogens with one attached hydrogen (secondary N) is 4. The summed E-state index contributed by atoms with van der Waals surface area (Å²) in [5.41, 5.74) is 2.90. The molecule has 1 aromatic heterocycles. The Morgan fingerprint density at radius 3 is 2.32 bits per heavy atom. The molecular formula is C49H59N11O10S4. The summed E-state index contributed by atoms with van der Waals surface area (Å²) >= 11 is 1.36. The number of aliphatic imine (C=N–C) groups is 1. The molecule has 1 aliphatic rings. The van der Waals surface area contributed by atoms with E-state index in [9.17, 15) is 47.9 Å². The number of carbonyl (C=O) groups is 10. The van der Waals surface area contributed by atoms with Gasteiger partial charge in [0.25, 0.3) is 23.6 Å². The summed E-state index contributed by atoms with van der Waals surface area (Å²) in [6.45, 7) is 13.7. The number of para-hydroxylation sites is 3. The first-order valence-corrected chi connectivity index (χ1v) is 27.1. The van der Waals surface area contributed by atoms with Crippen LogP contribution in [0.4, 0.5) is 5.69 Å². The molecule has 4 rings (SSSR count). The van der Waals surface area contributed by atoms with Crippen molar-refractivity contribution in [1.29, 1.82) is 0 Å². The lowest BCUT2D eigenvalue weighted by Gasteiger charge is -2.32. The van der Waals surface area contributed by atoms with Crippen LogP contribution >= 0.6 is 45.1 Å². The van der Waals surface area contributed by atoms with Crippen molar-refractivity contribution >= 4 is 126 Å². The summed E-state index contributed by atoms with van der Waals surface area (Å²) in [5, 5.41) is 8.80. The first-order chi connectivity index (χ1) is 35.1. The van der Waals surface area contributed by atoms with Crippen molar-refractivity contribution in [2.24, 2.45) is 4.99 Å². The fraction of sp³-hybridized carbons (Fsp3) is 0.367. The van der Waals surface area contributed by atoms with Gasteiger partial charge in [0.05, 0.1) is 53.0 Å². The molecule has 2 aromatic carbocycles. The van der Waals surface area contributed by atoms with Crippen LogP contribution in [0.15, 0.2) is 95.4 Å². The molecule has 0 radical (unpaired) electrons. The molecule has 25 heteroatoms. The highest BCUT2D eigenvalue weighted by molar-refractivity contribution is 8.76. The summed E-state index contributed by atoms with van der Waals surface area (Å²) in [5.74, 6) is -5.63. The van der Waals surface area contributed by atoms with Crippen LogP contribution < -0.4 is 21.3 Å². The first-order valence-electron chi connectivity index (χ1n) is 22.7.